The number of urea groups is 1. The minimum absolute atomic E-state index is 0.802. The zero-order valence-corrected chi connectivity index (χ0v) is 5.37. The van der Waals surface area contributed by atoms with Gasteiger partial charge in [0.25, 0.3) is 0 Å². The van der Waals surface area contributed by atoms with Crippen LogP contribution in [0.15, 0.2) is 5.10 Å². The Morgan fingerprint density at radius 1 is 1.64 bits per heavy atom. The number of carboxylic acids is 1. The molecule has 0 saturated heterocycles. The van der Waals surface area contributed by atoms with Crippen molar-refractivity contribution in [3.05, 3.63) is 0 Å². The maximum atomic E-state index is 11.7. The lowest BCUT2D eigenvalue weighted by Crippen LogP contribution is -2.28. The smallest absolute Gasteiger partial charge is 0.354 e. The predicted molar refractivity (Wildman–Crippen MR) is 33.8 cm³/mol. The van der Waals surface area contributed by atoms with E-state index in [1.54, 1.807) is 5.43 Å². The molecule has 0 aromatic carbocycles. The number of primary amides is 1. The maximum absolute atomic E-state index is 11.7. The van der Waals surface area contributed by atoms with Crippen LogP contribution < -0.4 is 11.2 Å². The van der Waals surface area contributed by atoms with Crippen molar-refractivity contribution in [2.75, 3.05) is 6.67 Å². The molecule has 11 heavy (non-hydrogen) atoms. The lowest BCUT2D eigenvalue weighted by Gasteiger charge is -1.94. The minimum Gasteiger partial charge on any atom is -0.477 e. The van der Waals surface area contributed by atoms with Crippen LogP contribution in [-0.2, 0) is 4.79 Å². The first kappa shape index (κ1) is 9.34. The number of hydrogen-bond acceptors (Lipinski definition) is 3. The number of halogens is 1. The molecule has 0 unspecified atom stereocenters. The van der Waals surface area contributed by atoms with Gasteiger partial charge in [0.2, 0.25) is 0 Å². The first-order chi connectivity index (χ1) is 5.07. The Labute approximate surface area is 60.9 Å². The van der Waals surface area contributed by atoms with Crippen LogP contribution in [0.5, 0.6) is 0 Å². The first-order valence-corrected chi connectivity index (χ1v) is 2.49. The van der Waals surface area contributed by atoms with E-state index in [1.807, 2.05) is 0 Å². The molecule has 4 N–H and O–H groups in total. The normalized spacial score (nSPS) is 10.8. The van der Waals surface area contributed by atoms with Crippen molar-refractivity contribution in [1.29, 1.82) is 0 Å². The Morgan fingerprint density at radius 2 is 2.18 bits per heavy atom. The largest absolute Gasteiger partial charge is 0.477 e. The summed E-state index contributed by atoms with van der Waals surface area (Å²) in [5, 5.41) is 11.0. The molecule has 2 amide bonds. The highest BCUT2D eigenvalue weighted by Gasteiger charge is 2.08. The molecule has 0 spiro atoms. The quantitative estimate of drug-likeness (QED) is 0.369. The second-order valence-electron chi connectivity index (χ2n) is 1.47. The Morgan fingerprint density at radius 3 is 2.45 bits per heavy atom. The van der Waals surface area contributed by atoms with E-state index in [0.29, 0.717) is 0 Å². The van der Waals surface area contributed by atoms with Crippen molar-refractivity contribution in [1.82, 2.24) is 5.43 Å². The van der Waals surface area contributed by atoms with Crippen LogP contribution in [0.3, 0.4) is 0 Å². The van der Waals surface area contributed by atoms with Crippen molar-refractivity contribution in [2.45, 2.75) is 0 Å². The molecule has 0 bridgehead atoms. The number of nitrogens with zero attached hydrogens (tertiary/aromatic N) is 1. The summed E-state index contributed by atoms with van der Waals surface area (Å²) in [5.41, 5.74) is 5.30. The number of amides is 2. The monoisotopic (exact) mass is 163 g/mol. The molecule has 62 valence electrons. The fourth-order valence-electron chi connectivity index (χ4n) is 0.257. The number of hydrogen-bond donors (Lipinski definition) is 3. The third kappa shape index (κ3) is 3.84. The van der Waals surface area contributed by atoms with E-state index in [4.69, 9.17) is 5.11 Å². The van der Waals surface area contributed by atoms with Gasteiger partial charge < -0.3 is 10.8 Å². The summed E-state index contributed by atoms with van der Waals surface area (Å²) in [7, 11) is 0. The molecule has 7 heteroatoms. The predicted octanol–water partition coefficient (Wildman–Crippen LogP) is -0.935. The standard InChI is InChI=1S/C4H6FN3O3/c5-1-2(3(9)10)7-8-4(6)11/h1H2,(H,9,10)(H3,6,8,11)/b7-2-. The van der Waals surface area contributed by atoms with Crippen LogP contribution in [-0.4, -0.2) is 29.5 Å². The summed E-state index contributed by atoms with van der Waals surface area (Å²) in [6.45, 7) is -1.27. The Balaban J connectivity index is 4.13. The highest BCUT2D eigenvalue weighted by molar-refractivity contribution is 6.36. The van der Waals surface area contributed by atoms with Gasteiger partial charge in [0.15, 0.2) is 5.71 Å². The van der Waals surface area contributed by atoms with Crippen LogP contribution >= 0.6 is 0 Å². The molecule has 0 saturated carbocycles. The van der Waals surface area contributed by atoms with Gasteiger partial charge in [0.05, 0.1) is 0 Å². The summed E-state index contributed by atoms with van der Waals surface area (Å²) >= 11 is 0. The number of nitrogens with two attached hydrogens (primary N) is 1. The topological polar surface area (TPSA) is 105 Å². The van der Waals surface area contributed by atoms with Crippen LogP contribution in [0.2, 0.25) is 0 Å². The SMILES string of the molecule is NC(=O)N/N=C(/CF)C(=O)O. The van der Waals surface area contributed by atoms with E-state index in [2.05, 4.69) is 10.8 Å². The summed E-state index contributed by atoms with van der Waals surface area (Å²) in [6, 6.07) is -1.04. The van der Waals surface area contributed by atoms with E-state index < -0.39 is 24.4 Å². The van der Waals surface area contributed by atoms with Crippen LogP contribution in [0, 0.1) is 0 Å². The van der Waals surface area contributed by atoms with E-state index in [-0.39, 0.29) is 0 Å². The number of carboxylic acid groups (broad SMARTS) is 1. The van der Waals surface area contributed by atoms with Crippen molar-refractivity contribution in [2.24, 2.45) is 10.8 Å². The van der Waals surface area contributed by atoms with Crippen LogP contribution in [0.4, 0.5) is 9.18 Å². The van der Waals surface area contributed by atoms with Gasteiger partial charge in [-0.2, -0.15) is 5.10 Å². The molecule has 0 atom stereocenters. The average Bonchev–Trinajstić information content (AvgIpc) is 1.87. The van der Waals surface area contributed by atoms with Crippen molar-refractivity contribution < 1.29 is 19.1 Å². The molecule has 0 aliphatic carbocycles. The van der Waals surface area contributed by atoms with E-state index in [1.165, 1.54) is 0 Å². The molecular weight excluding hydrogens is 157 g/mol. The summed E-state index contributed by atoms with van der Waals surface area (Å²) in [4.78, 5) is 19.9. The Bertz CT molecular complexity index is 203. The van der Waals surface area contributed by atoms with Crippen molar-refractivity contribution in [3.8, 4) is 0 Å². The van der Waals surface area contributed by atoms with E-state index in [9.17, 15) is 14.0 Å². The third-order valence-corrected chi connectivity index (χ3v) is 0.674. The van der Waals surface area contributed by atoms with Gasteiger partial charge in [0.1, 0.15) is 6.67 Å². The van der Waals surface area contributed by atoms with Crippen molar-refractivity contribution in [3.63, 3.8) is 0 Å². The Hall–Kier alpha value is -1.66. The maximum Gasteiger partial charge on any atom is 0.354 e. The number of carbonyl (C=O) groups is 2. The number of rotatable bonds is 3. The molecule has 0 aromatic rings. The molecule has 0 radical (unpaired) electrons. The highest BCUT2D eigenvalue weighted by atomic mass is 19.1. The second-order valence-corrected chi connectivity index (χ2v) is 1.47. The van der Waals surface area contributed by atoms with Gasteiger partial charge >= 0.3 is 12.0 Å². The molecule has 6 nitrogen and oxygen atoms in total. The number of alkyl halides is 1. The number of aliphatic carboxylic acids is 1. The zero-order valence-electron chi connectivity index (χ0n) is 5.37. The second kappa shape index (κ2) is 4.20. The van der Waals surface area contributed by atoms with Gasteiger partial charge in [-0.05, 0) is 0 Å². The molecule has 0 aliphatic heterocycles. The van der Waals surface area contributed by atoms with Gasteiger partial charge in [-0.3, -0.25) is 0 Å². The van der Waals surface area contributed by atoms with Crippen molar-refractivity contribution >= 4 is 17.7 Å². The van der Waals surface area contributed by atoms with Gasteiger partial charge in [-0.15, -0.1) is 0 Å². The summed E-state index contributed by atoms with van der Waals surface area (Å²) in [5.74, 6) is -1.54. The third-order valence-electron chi connectivity index (χ3n) is 0.674. The molecule has 0 aromatic heterocycles. The lowest BCUT2D eigenvalue weighted by molar-refractivity contribution is -0.129. The number of hydrazone groups is 1. The lowest BCUT2D eigenvalue weighted by atomic mass is 10.4. The van der Waals surface area contributed by atoms with Gasteiger partial charge in [-0.25, -0.2) is 19.4 Å². The van der Waals surface area contributed by atoms with Crippen LogP contribution in [0.1, 0.15) is 0 Å². The minimum atomic E-state index is -1.54. The zero-order chi connectivity index (χ0) is 8.85. The highest BCUT2D eigenvalue weighted by Crippen LogP contribution is 1.78. The summed E-state index contributed by atoms with van der Waals surface area (Å²) < 4.78 is 11.7. The number of nitrogens with one attached hydrogen (secondary N) is 1. The van der Waals surface area contributed by atoms with Crippen LogP contribution in [0.25, 0.3) is 0 Å². The van der Waals surface area contributed by atoms with Gasteiger partial charge in [-0.1, -0.05) is 0 Å². The average molecular weight is 163 g/mol. The first-order valence-electron chi connectivity index (χ1n) is 2.49. The fourth-order valence-corrected chi connectivity index (χ4v) is 0.257. The molecule has 0 heterocycles. The van der Waals surface area contributed by atoms with E-state index >= 15 is 0 Å². The molecule has 0 rings (SSSR count). The Kier molecular flexibility index (Phi) is 3.57. The summed E-state index contributed by atoms with van der Waals surface area (Å²) in [6.07, 6.45) is 0. The van der Waals surface area contributed by atoms with E-state index in [0.717, 1.165) is 0 Å². The number of carbonyl (C=O) groups excluding carboxylic acids is 1. The fraction of sp³-hybridized carbons (Fsp3) is 0.250. The molecular formula is C4H6FN3O3. The molecule has 0 fully saturated rings. The molecule has 0 aliphatic rings. The van der Waals surface area contributed by atoms with Gasteiger partial charge in [0, 0.05) is 0 Å².